The predicted molar refractivity (Wildman–Crippen MR) is 70.6 cm³/mol. The number of aliphatic hydroxyl groups is 2. The van der Waals surface area contributed by atoms with E-state index in [0.717, 1.165) is 0 Å². The lowest BCUT2D eigenvalue weighted by molar-refractivity contribution is 0.00591. The van der Waals surface area contributed by atoms with Crippen molar-refractivity contribution in [2.24, 2.45) is 5.41 Å². The van der Waals surface area contributed by atoms with Gasteiger partial charge in [0.2, 0.25) is 0 Å². The average molecular weight is 254 g/mol. The molecule has 0 aliphatic rings. The summed E-state index contributed by atoms with van der Waals surface area (Å²) < 4.78 is 0. The van der Waals surface area contributed by atoms with E-state index in [1.165, 1.54) is 0 Å². The minimum absolute atomic E-state index is 0.0437. The molecule has 102 valence electrons. The van der Waals surface area contributed by atoms with Crippen molar-refractivity contribution in [3.05, 3.63) is 35.9 Å². The molecule has 1 aromatic carbocycles. The standard InChI is InChI=1S/C7H6O2.C7H16O2/c8-7(9)6-4-2-1-3-5-6;1-4-6(9)7(2,3)5-8/h1-5H,(H,8,9);6,8-9H,4-5H2,1-3H3. The molecule has 0 saturated heterocycles. The summed E-state index contributed by atoms with van der Waals surface area (Å²) in [4.78, 5) is 10.2. The second kappa shape index (κ2) is 7.84. The summed E-state index contributed by atoms with van der Waals surface area (Å²) in [7, 11) is 0. The first-order valence-corrected chi connectivity index (χ1v) is 5.92. The third-order valence-electron chi connectivity index (χ3n) is 2.72. The van der Waals surface area contributed by atoms with Crippen LogP contribution in [0.5, 0.6) is 0 Å². The molecular weight excluding hydrogens is 232 g/mol. The maximum Gasteiger partial charge on any atom is 0.335 e. The molecule has 3 N–H and O–H groups in total. The van der Waals surface area contributed by atoms with E-state index in [4.69, 9.17) is 10.2 Å². The van der Waals surface area contributed by atoms with Crippen LogP contribution in [0.15, 0.2) is 30.3 Å². The van der Waals surface area contributed by atoms with Gasteiger partial charge in [-0.05, 0) is 18.6 Å². The van der Waals surface area contributed by atoms with Gasteiger partial charge in [0.15, 0.2) is 0 Å². The lowest BCUT2D eigenvalue weighted by Crippen LogP contribution is -2.31. The van der Waals surface area contributed by atoms with Crippen LogP contribution in [0.1, 0.15) is 37.6 Å². The van der Waals surface area contributed by atoms with Crippen LogP contribution >= 0.6 is 0 Å². The highest BCUT2D eigenvalue weighted by molar-refractivity contribution is 5.87. The molecule has 1 rings (SSSR count). The molecule has 4 nitrogen and oxygen atoms in total. The summed E-state index contributed by atoms with van der Waals surface area (Å²) >= 11 is 0. The third-order valence-corrected chi connectivity index (χ3v) is 2.72. The monoisotopic (exact) mass is 254 g/mol. The summed E-state index contributed by atoms with van der Waals surface area (Å²) in [5.41, 5.74) is -0.00752. The van der Waals surface area contributed by atoms with Crippen LogP contribution in [0.3, 0.4) is 0 Å². The summed E-state index contributed by atoms with van der Waals surface area (Å²) in [6, 6.07) is 8.30. The van der Waals surface area contributed by atoms with Gasteiger partial charge < -0.3 is 15.3 Å². The minimum Gasteiger partial charge on any atom is -0.478 e. The van der Waals surface area contributed by atoms with Crippen molar-refractivity contribution in [1.29, 1.82) is 0 Å². The van der Waals surface area contributed by atoms with Gasteiger partial charge in [-0.25, -0.2) is 4.79 Å². The van der Waals surface area contributed by atoms with Gasteiger partial charge in [-0.1, -0.05) is 39.0 Å². The lowest BCUT2D eigenvalue weighted by atomic mass is 9.86. The number of carboxylic acids is 1. The number of carboxylic acid groups (broad SMARTS) is 1. The van der Waals surface area contributed by atoms with E-state index in [2.05, 4.69) is 0 Å². The van der Waals surface area contributed by atoms with Gasteiger partial charge in [0.25, 0.3) is 0 Å². The van der Waals surface area contributed by atoms with Crippen LogP contribution in [-0.2, 0) is 0 Å². The largest absolute Gasteiger partial charge is 0.478 e. The van der Waals surface area contributed by atoms with Gasteiger partial charge in [-0.15, -0.1) is 0 Å². The van der Waals surface area contributed by atoms with E-state index < -0.39 is 5.97 Å². The molecule has 18 heavy (non-hydrogen) atoms. The highest BCUT2D eigenvalue weighted by atomic mass is 16.4. The summed E-state index contributed by atoms with van der Waals surface area (Å²) in [5.74, 6) is -0.879. The van der Waals surface area contributed by atoms with E-state index in [1.54, 1.807) is 30.3 Å². The molecule has 1 unspecified atom stereocenters. The zero-order chi connectivity index (χ0) is 14.2. The molecule has 0 heterocycles. The first-order valence-electron chi connectivity index (χ1n) is 5.92. The van der Waals surface area contributed by atoms with Crippen molar-refractivity contribution in [3.63, 3.8) is 0 Å². The Morgan fingerprint density at radius 1 is 1.28 bits per heavy atom. The highest BCUT2D eigenvalue weighted by Crippen LogP contribution is 2.21. The van der Waals surface area contributed by atoms with Crippen molar-refractivity contribution in [2.75, 3.05) is 6.61 Å². The van der Waals surface area contributed by atoms with Crippen LogP contribution in [0, 0.1) is 5.41 Å². The lowest BCUT2D eigenvalue weighted by Gasteiger charge is -2.26. The highest BCUT2D eigenvalue weighted by Gasteiger charge is 2.24. The predicted octanol–water partition coefficient (Wildman–Crippen LogP) is 2.16. The van der Waals surface area contributed by atoms with Crippen molar-refractivity contribution in [1.82, 2.24) is 0 Å². The zero-order valence-electron chi connectivity index (χ0n) is 11.1. The number of carbonyl (C=O) groups is 1. The quantitative estimate of drug-likeness (QED) is 0.769. The normalized spacial score (nSPS) is 12.3. The Labute approximate surface area is 108 Å². The maximum absolute atomic E-state index is 10.2. The van der Waals surface area contributed by atoms with Gasteiger partial charge in [0.05, 0.1) is 18.3 Å². The van der Waals surface area contributed by atoms with Crippen LogP contribution in [-0.4, -0.2) is 34.0 Å². The molecule has 0 bridgehead atoms. The Balaban J connectivity index is 0.000000321. The van der Waals surface area contributed by atoms with Gasteiger partial charge in [-0.3, -0.25) is 0 Å². The molecule has 0 saturated carbocycles. The summed E-state index contributed by atoms with van der Waals surface area (Å²) in [5, 5.41) is 26.3. The molecule has 4 heteroatoms. The molecule has 0 spiro atoms. The number of aliphatic hydroxyl groups excluding tert-OH is 2. The summed E-state index contributed by atoms with van der Waals surface area (Å²) in [6.07, 6.45) is 0.315. The van der Waals surface area contributed by atoms with Gasteiger partial charge >= 0.3 is 5.97 Å². The molecule has 0 aliphatic heterocycles. The first kappa shape index (κ1) is 16.6. The van der Waals surface area contributed by atoms with Crippen molar-refractivity contribution < 1.29 is 20.1 Å². The Kier molecular flexibility index (Phi) is 7.24. The molecule has 0 radical (unpaired) electrons. The maximum atomic E-state index is 10.2. The van der Waals surface area contributed by atoms with Crippen molar-refractivity contribution in [3.8, 4) is 0 Å². The average Bonchev–Trinajstić information content (AvgIpc) is 2.39. The second-order valence-electron chi connectivity index (χ2n) is 4.74. The molecule has 0 amide bonds. The fourth-order valence-electron chi connectivity index (χ4n) is 1.24. The SMILES string of the molecule is CCC(O)C(C)(C)CO.O=C(O)c1ccccc1. The van der Waals surface area contributed by atoms with Crippen LogP contribution in [0.2, 0.25) is 0 Å². The second-order valence-corrected chi connectivity index (χ2v) is 4.74. The Morgan fingerprint density at radius 3 is 2.00 bits per heavy atom. The molecular formula is C14H22O4. The fraction of sp³-hybridized carbons (Fsp3) is 0.500. The number of benzene rings is 1. The van der Waals surface area contributed by atoms with E-state index in [-0.39, 0.29) is 18.1 Å². The zero-order valence-corrected chi connectivity index (χ0v) is 11.1. The topological polar surface area (TPSA) is 77.8 Å². The van der Waals surface area contributed by atoms with Gasteiger partial charge in [-0.2, -0.15) is 0 Å². The Morgan fingerprint density at radius 2 is 1.78 bits per heavy atom. The number of aromatic carboxylic acids is 1. The van der Waals surface area contributed by atoms with Crippen LogP contribution < -0.4 is 0 Å². The number of hydrogen-bond acceptors (Lipinski definition) is 3. The minimum atomic E-state index is -0.879. The van der Waals surface area contributed by atoms with Gasteiger partial charge in [0.1, 0.15) is 0 Å². The number of rotatable bonds is 4. The van der Waals surface area contributed by atoms with Crippen molar-refractivity contribution in [2.45, 2.75) is 33.3 Å². The molecule has 1 aromatic rings. The molecule has 0 fully saturated rings. The molecule has 1 atom stereocenters. The Bertz CT molecular complexity index is 346. The first-order chi connectivity index (χ1) is 8.35. The van der Waals surface area contributed by atoms with E-state index in [1.807, 2.05) is 20.8 Å². The van der Waals surface area contributed by atoms with Crippen LogP contribution in [0.4, 0.5) is 0 Å². The van der Waals surface area contributed by atoms with Gasteiger partial charge in [0, 0.05) is 5.41 Å². The summed E-state index contributed by atoms with van der Waals surface area (Å²) in [6.45, 7) is 5.65. The number of hydrogen-bond donors (Lipinski definition) is 3. The third kappa shape index (κ3) is 5.80. The van der Waals surface area contributed by atoms with E-state index in [0.29, 0.717) is 12.0 Å². The van der Waals surface area contributed by atoms with Crippen molar-refractivity contribution >= 4 is 5.97 Å². The van der Waals surface area contributed by atoms with E-state index >= 15 is 0 Å². The van der Waals surface area contributed by atoms with E-state index in [9.17, 15) is 9.90 Å². The molecule has 0 aromatic heterocycles. The molecule has 0 aliphatic carbocycles. The Hall–Kier alpha value is -1.39. The fourth-order valence-corrected chi connectivity index (χ4v) is 1.24. The smallest absolute Gasteiger partial charge is 0.335 e. The van der Waals surface area contributed by atoms with Crippen LogP contribution in [0.25, 0.3) is 0 Å².